The number of para-hydroxylation sites is 1. The largest absolute Gasteiger partial charge is 0.397 e. The molecule has 0 radical (unpaired) electrons. The molecule has 0 bridgehead atoms. The first-order chi connectivity index (χ1) is 7.06. The van der Waals surface area contributed by atoms with Gasteiger partial charge in [0, 0.05) is 10.1 Å². The molecule has 0 spiro atoms. The monoisotopic (exact) mass is 222 g/mol. The van der Waals surface area contributed by atoms with E-state index in [0.29, 0.717) is 11.3 Å². The van der Waals surface area contributed by atoms with Crippen molar-refractivity contribution in [1.29, 1.82) is 5.26 Å². The average Bonchev–Trinajstić information content (AvgIpc) is 2.21. The maximum absolute atomic E-state index is 9.37. The van der Waals surface area contributed by atoms with Gasteiger partial charge in [0.1, 0.15) is 6.07 Å². The first-order valence-corrected chi connectivity index (χ1v) is 5.57. The van der Waals surface area contributed by atoms with Crippen LogP contribution in [0.1, 0.15) is 19.4 Å². The third kappa shape index (κ3) is 2.88. The number of nitrogens with two attached hydrogens (primary N) is 1. The van der Waals surface area contributed by atoms with E-state index in [2.05, 4.69) is 0 Å². The molecular formula is C11H14N2OS. The Morgan fingerprint density at radius 1 is 1.47 bits per heavy atom. The maximum Gasteiger partial charge on any atom is 0.101 e. The van der Waals surface area contributed by atoms with Gasteiger partial charge in [-0.25, -0.2) is 0 Å². The van der Waals surface area contributed by atoms with Gasteiger partial charge in [0.15, 0.2) is 0 Å². The van der Waals surface area contributed by atoms with Crippen LogP contribution in [0.2, 0.25) is 0 Å². The first kappa shape index (κ1) is 11.9. The van der Waals surface area contributed by atoms with Crippen LogP contribution in [-0.4, -0.2) is 16.5 Å². The predicted octanol–water partition coefficient (Wildman–Crippen LogP) is 2.00. The normalized spacial score (nSPS) is 14.3. The van der Waals surface area contributed by atoms with E-state index in [-0.39, 0.29) is 5.25 Å². The number of anilines is 1. The molecular weight excluding hydrogens is 208 g/mol. The summed E-state index contributed by atoms with van der Waals surface area (Å²) in [6, 6.07) is 7.38. The summed E-state index contributed by atoms with van der Waals surface area (Å²) in [5.74, 6) is 0. The van der Waals surface area contributed by atoms with Gasteiger partial charge in [-0.2, -0.15) is 5.26 Å². The van der Waals surface area contributed by atoms with Crippen LogP contribution in [0.5, 0.6) is 0 Å². The number of nitriles is 1. The van der Waals surface area contributed by atoms with Crippen molar-refractivity contribution in [1.82, 2.24) is 0 Å². The van der Waals surface area contributed by atoms with E-state index in [0.717, 1.165) is 4.90 Å². The number of thioether (sulfide) groups is 1. The van der Waals surface area contributed by atoms with Crippen LogP contribution in [0.25, 0.3) is 0 Å². The maximum atomic E-state index is 9.37. The second kappa shape index (κ2) is 5.06. The molecule has 0 fully saturated rings. The number of aliphatic hydroxyl groups is 1. The molecule has 0 heterocycles. The number of hydrogen-bond donors (Lipinski definition) is 2. The number of aliphatic hydroxyl groups excluding tert-OH is 1. The minimum atomic E-state index is -0.403. The Morgan fingerprint density at radius 3 is 2.67 bits per heavy atom. The standard InChI is InChI=1S/C11H14N2OS/c1-7(14)8(2)15-10-5-3-4-9(6-12)11(10)13/h3-5,7-8,14H,13H2,1-2H3. The Bertz CT molecular complexity index is 385. The van der Waals surface area contributed by atoms with Gasteiger partial charge in [0.2, 0.25) is 0 Å². The third-order valence-corrected chi connectivity index (χ3v) is 3.55. The summed E-state index contributed by atoms with van der Waals surface area (Å²) in [7, 11) is 0. The zero-order valence-corrected chi connectivity index (χ0v) is 9.58. The summed E-state index contributed by atoms with van der Waals surface area (Å²) in [4.78, 5) is 0.849. The molecule has 0 amide bonds. The van der Waals surface area contributed by atoms with Gasteiger partial charge in [-0.05, 0) is 19.1 Å². The minimum absolute atomic E-state index is 0.0567. The Labute approximate surface area is 93.9 Å². The molecule has 3 nitrogen and oxygen atoms in total. The highest BCUT2D eigenvalue weighted by atomic mass is 32.2. The molecule has 80 valence electrons. The lowest BCUT2D eigenvalue weighted by molar-refractivity contribution is 0.196. The molecule has 0 saturated carbocycles. The third-order valence-electron chi connectivity index (χ3n) is 2.18. The van der Waals surface area contributed by atoms with Crippen molar-refractivity contribution in [2.24, 2.45) is 0 Å². The van der Waals surface area contributed by atoms with Crippen LogP contribution in [0, 0.1) is 11.3 Å². The molecule has 0 aliphatic rings. The van der Waals surface area contributed by atoms with Crippen LogP contribution in [0.15, 0.2) is 23.1 Å². The van der Waals surface area contributed by atoms with Gasteiger partial charge >= 0.3 is 0 Å². The Hall–Kier alpha value is -1.18. The highest BCUT2D eigenvalue weighted by Crippen LogP contribution is 2.31. The van der Waals surface area contributed by atoms with E-state index in [4.69, 9.17) is 11.0 Å². The summed E-state index contributed by atoms with van der Waals surface area (Å²) in [6.07, 6.45) is -0.403. The summed E-state index contributed by atoms with van der Waals surface area (Å²) >= 11 is 1.48. The first-order valence-electron chi connectivity index (χ1n) is 4.69. The lowest BCUT2D eigenvalue weighted by atomic mass is 10.2. The van der Waals surface area contributed by atoms with Gasteiger partial charge in [-0.1, -0.05) is 13.0 Å². The van der Waals surface area contributed by atoms with Crippen LogP contribution in [0.3, 0.4) is 0 Å². The number of hydrogen-bond acceptors (Lipinski definition) is 4. The molecule has 0 aromatic heterocycles. The second-order valence-corrected chi connectivity index (χ2v) is 4.81. The highest BCUT2D eigenvalue weighted by Gasteiger charge is 2.13. The second-order valence-electron chi connectivity index (χ2n) is 3.39. The fourth-order valence-corrected chi connectivity index (χ4v) is 2.03. The predicted molar refractivity (Wildman–Crippen MR) is 62.6 cm³/mol. The van der Waals surface area contributed by atoms with E-state index >= 15 is 0 Å². The van der Waals surface area contributed by atoms with Gasteiger partial charge in [-0.15, -0.1) is 11.8 Å². The Balaban J connectivity index is 2.92. The van der Waals surface area contributed by atoms with Crippen molar-refractivity contribution in [3.8, 4) is 6.07 Å². The fraction of sp³-hybridized carbons (Fsp3) is 0.364. The van der Waals surface area contributed by atoms with Crippen LogP contribution in [0.4, 0.5) is 5.69 Å². The average molecular weight is 222 g/mol. The summed E-state index contributed by atoms with van der Waals surface area (Å²) in [5.41, 5.74) is 6.80. The molecule has 3 N–H and O–H groups in total. The van der Waals surface area contributed by atoms with Gasteiger partial charge < -0.3 is 10.8 Å². The zero-order chi connectivity index (χ0) is 11.4. The van der Waals surface area contributed by atoms with Crippen molar-refractivity contribution < 1.29 is 5.11 Å². The molecule has 0 aliphatic carbocycles. The SMILES string of the molecule is CC(O)C(C)Sc1cccc(C#N)c1N. The number of nitrogens with zero attached hydrogens (tertiary/aromatic N) is 1. The molecule has 2 atom stereocenters. The van der Waals surface area contributed by atoms with Crippen molar-refractivity contribution in [2.45, 2.75) is 30.1 Å². The molecule has 4 heteroatoms. The van der Waals surface area contributed by atoms with E-state index < -0.39 is 6.10 Å². The fourth-order valence-electron chi connectivity index (χ4n) is 1.04. The van der Waals surface area contributed by atoms with Gasteiger partial charge in [0.05, 0.1) is 17.4 Å². The van der Waals surface area contributed by atoms with Crippen molar-refractivity contribution in [2.75, 3.05) is 5.73 Å². The molecule has 0 aliphatic heterocycles. The smallest absolute Gasteiger partial charge is 0.101 e. The van der Waals surface area contributed by atoms with Crippen molar-refractivity contribution >= 4 is 17.4 Å². The molecule has 2 unspecified atom stereocenters. The summed E-state index contributed by atoms with van der Waals surface area (Å²) in [5, 5.41) is 18.2. The summed E-state index contributed by atoms with van der Waals surface area (Å²) < 4.78 is 0. The molecule has 1 aromatic rings. The van der Waals surface area contributed by atoms with Crippen molar-refractivity contribution in [3.63, 3.8) is 0 Å². The molecule has 0 saturated heterocycles. The van der Waals surface area contributed by atoms with E-state index in [9.17, 15) is 5.11 Å². The van der Waals surface area contributed by atoms with Crippen molar-refractivity contribution in [3.05, 3.63) is 23.8 Å². The Kier molecular flexibility index (Phi) is 4.01. The number of rotatable bonds is 3. The van der Waals surface area contributed by atoms with Gasteiger partial charge in [0.25, 0.3) is 0 Å². The van der Waals surface area contributed by atoms with E-state index in [1.165, 1.54) is 11.8 Å². The van der Waals surface area contributed by atoms with Gasteiger partial charge in [-0.3, -0.25) is 0 Å². The lowest BCUT2D eigenvalue weighted by Gasteiger charge is -2.15. The number of benzene rings is 1. The quantitative estimate of drug-likeness (QED) is 0.606. The molecule has 1 rings (SSSR count). The highest BCUT2D eigenvalue weighted by molar-refractivity contribution is 8.00. The Morgan fingerprint density at radius 2 is 2.13 bits per heavy atom. The van der Waals surface area contributed by atoms with Crippen LogP contribution in [-0.2, 0) is 0 Å². The van der Waals surface area contributed by atoms with Crippen LogP contribution >= 0.6 is 11.8 Å². The lowest BCUT2D eigenvalue weighted by Crippen LogP contribution is -2.15. The zero-order valence-electron chi connectivity index (χ0n) is 8.77. The van der Waals surface area contributed by atoms with E-state index in [1.54, 1.807) is 19.1 Å². The summed E-state index contributed by atoms with van der Waals surface area (Å²) in [6.45, 7) is 3.66. The molecule has 1 aromatic carbocycles. The van der Waals surface area contributed by atoms with Crippen LogP contribution < -0.4 is 5.73 Å². The topological polar surface area (TPSA) is 70.0 Å². The number of nitrogen functional groups attached to an aromatic ring is 1. The minimum Gasteiger partial charge on any atom is -0.397 e. The molecule has 15 heavy (non-hydrogen) atoms. The van der Waals surface area contributed by atoms with E-state index in [1.807, 2.05) is 19.1 Å².